The van der Waals surface area contributed by atoms with Crippen molar-refractivity contribution in [3.63, 3.8) is 0 Å². The van der Waals surface area contributed by atoms with Gasteiger partial charge < -0.3 is 9.53 Å². The van der Waals surface area contributed by atoms with Crippen molar-refractivity contribution in [1.29, 1.82) is 0 Å². The van der Waals surface area contributed by atoms with Crippen LogP contribution >= 0.6 is 0 Å². The SMILES string of the molecule is CC(CC=O)c1ccccc1C1CCOCC1. The molecule has 1 saturated heterocycles. The molecule has 1 heterocycles. The largest absolute Gasteiger partial charge is 0.381 e. The second kappa shape index (κ2) is 5.97. The molecular weight excluding hydrogens is 212 g/mol. The van der Waals surface area contributed by atoms with Crippen molar-refractivity contribution in [2.45, 2.75) is 38.0 Å². The molecule has 0 bridgehead atoms. The van der Waals surface area contributed by atoms with Gasteiger partial charge in [0.15, 0.2) is 0 Å². The Morgan fingerprint density at radius 3 is 2.76 bits per heavy atom. The van der Waals surface area contributed by atoms with E-state index in [-0.39, 0.29) is 0 Å². The summed E-state index contributed by atoms with van der Waals surface area (Å²) >= 11 is 0. The Kier molecular flexibility index (Phi) is 4.32. The number of hydrogen-bond donors (Lipinski definition) is 0. The van der Waals surface area contributed by atoms with Gasteiger partial charge in [-0.05, 0) is 35.8 Å². The van der Waals surface area contributed by atoms with Gasteiger partial charge in [-0.1, -0.05) is 31.2 Å². The molecule has 0 N–H and O–H groups in total. The van der Waals surface area contributed by atoms with Gasteiger partial charge in [0, 0.05) is 19.6 Å². The van der Waals surface area contributed by atoms with E-state index in [0.717, 1.165) is 32.3 Å². The normalized spacial score (nSPS) is 18.9. The molecule has 0 saturated carbocycles. The highest BCUT2D eigenvalue weighted by atomic mass is 16.5. The zero-order chi connectivity index (χ0) is 12.1. The Balaban J connectivity index is 2.22. The van der Waals surface area contributed by atoms with E-state index in [0.29, 0.717) is 18.3 Å². The first-order valence-corrected chi connectivity index (χ1v) is 6.43. The number of carbonyl (C=O) groups is 1. The average molecular weight is 232 g/mol. The van der Waals surface area contributed by atoms with Crippen LogP contribution in [-0.4, -0.2) is 19.5 Å². The third-order valence-electron chi connectivity index (χ3n) is 3.64. The number of benzene rings is 1. The lowest BCUT2D eigenvalue weighted by Gasteiger charge is -2.26. The summed E-state index contributed by atoms with van der Waals surface area (Å²) in [6.45, 7) is 3.86. The van der Waals surface area contributed by atoms with Crippen LogP contribution in [0.4, 0.5) is 0 Å². The van der Waals surface area contributed by atoms with Crippen LogP contribution in [0.25, 0.3) is 0 Å². The first-order chi connectivity index (χ1) is 8.33. The second-order valence-electron chi connectivity index (χ2n) is 4.82. The van der Waals surface area contributed by atoms with E-state index < -0.39 is 0 Å². The highest BCUT2D eigenvalue weighted by Crippen LogP contribution is 2.33. The number of hydrogen-bond acceptors (Lipinski definition) is 2. The fraction of sp³-hybridized carbons (Fsp3) is 0.533. The Morgan fingerprint density at radius 1 is 1.35 bits per heavy atom. The van der Waals surface area contributed by atoms with Crippen molar-refractivity contribution in [3.05, 3.63) is 35.4 Å². The first-order valence-electron chi connectivity index (χ1n) is 6.43. The molecule has 2 heteroatoms. The standard InChI is InChI=1S/C15H20O2/c1-12(6-9-16)14-4-2-3-5-15(14)13-7-10-17-11-8-13/h2-5,9,12-13H,6-8,10-11H2,1H3. The number of carbonyl (C=O) groups excluding carboxylic acids is 1. The minimum atomic E-state index is 0.326. The zero-order valence-electron chi connectivity index (χ0n) is 10.4. The molecule has 1 atom stereocenters. The lowest BCUT2D eigenvalue weighted by atomic mass is 9.83. The van der Waals surface area contributed by atoms with E-state index >= 15 is 0 Å². The topological polar surface area (TPSA) is 26.3 Å². The van der Waals surface area contributed by atoms with Crippen LogP contribution in [0.2, 0.25) is 0 Å². The average Bonchev–Trinajstić information content (AvgIpc) is 2.40. The Bertz CT molecular complexity index is 367. The molecular formula is C15H20O2. The molecule has 0 aliphatic carbocycles. The predicted octanol–water partition coefficient (Wildman–Crippen LogP) is 3.27. The fourth-order valence-corrected chi connectivity index (χ4v) is 2.61. The highest BCUT2D eigenvalue weighted by molar-refractivity contribution is 5.52. The van der Waals surface area contributed by atoms with Gasteiger partial charge in [0.1, 0.15) is 6.29 Å². The summed E-state index contributed by atoms with van der Waals surface area (Å²) in [5.74, 6) is 0.931. The third kappa shape index (κ3) is 2.95. The summed E-state index contributed by atoms with van der Waals surface area (Å²) in [4.78, 5) is 10.7. The Labute approximate surface area is 103 Å². The van der Waals surface area contributed by atoms with Gasteiger partial charge in [0.25, 0.3) is 0 Å². The van der Waals surface area contributed by atoms with Crippen molar-refractivity contribution < 1.29 is 9.53 Å². The van der Waals surface area contributed by atoms with Gasteiger partial charge in [-0.15, -0.1) is 0 Å². The molecule has 0 spiro atoms. The van der Waals surface area contributed by atoms with Crippen molar-refractivity contribution in [2.24, 2.45) is 0 Å². The van der Waals surface area contributed by atoms with E-state index in [2.05, 4.69) is 31.2 Å². The molecule has 92 valence electrons. The third-order valence-corrected chi connectivity index (χ3v) is 3.64. The van der Waals surface area contributed by atoms with Crippen molar-refractivity contribution in [3.8, 4) is 0 Å². The van der Waals surface area contributed by atoms with E-state index in [4.69, 9.17) is 4.74 Å². The summed E-state index contributed by atoms with van der Waals surface area (Å²) in [5.41, 5.74) is 2.76. The second-order valence-corrected chi connectivity index (χ2v) is 4.82. The van der Waals surface area contributed by atoms with E-state index in [1.165, 1.54) is 11.1 Å². The van der Waals surface area contributed by atoms with Crippen molar-refractivity contribution >= 4 is 6.29 Å². The van der Waals surface area contributed by atoms with Gasteiger partial charge in [-0.25, -0.2) is 0 Å². The number of ether oxygens (including phenoxy) is 1. The minimum absolute atomic E-state index is 0.326. The maximum Gasteiger partial charge on any atom is 0.120 e. The minimum Gasteiger partial charge on any atom is -0.381 e. The van der Waals surface area contributed by atoms with Crippen LogP contribution in [0, 0.1) is 0 Å². The predicted molar refractivity (Wildman–Crippen MR) is 68.3 cm³/mol. The smallest absolute Gasteiger partial charge is 0.120 e. The maximum atomic E-state index is 10.7. The quantitative estimate of drug-likeness (QED) is 0.745. The van der Waals surface area contributed by atoms with Crippen LogP contribution < -0.4 is 0 Å². The molecule has 1 aromatic carbocycles. The molecule has 1 aliphatic rings. The molecule has 2 nitrogen and oxygen atoms in total. The van der Waals surface area contributed by atoms with Crippen LogP contribution in [0.3, 0.4) is 0 Å². The van der Waals surface area contributed by atoms with Gasteiger partial charge >= 0.3 is 0 Å². The Hall–Kier alpha value is -1.15. The monoisotopic (exact) mass is 232 g/mol. The van der Waals surface area contributed by atoms with Gasteiger partial charge in [0.2, 0.25) is 0 Å². The fourth-order valence-electron chi connectivity index (χ4n) is 2.61. The van der Waals surface area contributed by atoms with Gasteiger partial charge in [-0.2, -0.15) is 0 Å². The van der Waals surface area contributed by atoms with Gasteiger partial charge in [-0.3, -0.25) is 0 Å². The molecule has 0 amide bonds. The molecule has 1 unspecified atom stereocenters. The molecule has 2 rings (SSSR count). The van der Waals surface area contributed by atoms with Crippen molar-refractivity contribution in [1.82, 2.24) is 0 Å². The number of rotatable bonds is 4. The zero-order valence-corrected chi connectivity index (χ0v) is 10.4. The van der Waals surface area contributed by atoms with Crippen LogP contribution in [0.1, 0.15) is 49.1 Å². The highest BCUT2D eigenvalue weighted by Gasteiger charge is 2.20. The number of aldehydes is 1. The van der Waals surface area contributed by atoms with E-state index in [1.54, 1.807) is 0 Å². The summed E-state index contributed by atoms with van der Waals surface area (Å²) < 4.78 is 5.41. The lowest BCUT2D eigenvalue weighted by Crippen LogP contribution is -2.16. The van der Waals surface area contributed by atoms with Crippen molar-refractivity contribution in [2.75, 3.05) is 13.2 Å². The molecule has 1 fully saturated rings. The van der Waals surface area contributed by atoms with Crippen LogP contribution in [-0.2, 0) is 9.53 Å². The first kappa shape index (κ1) is 12.3. The molecule has 1 aromatic rings. The summed E-state index contributed by atoms with van der Waals surface area (Å²) in [7, 11) is 0. The van der Waals surface area contributed by atoms with Crippen LogP contribution in [0.15, 0.2) is 24.3 Å². The maximum absolute atomic E-state index is 10.7. The van der Waals surface area contributed by atoms with Gasteiger partial charge in [0.05, 0.1) is 0 Å². The van der Waals surface area contributed by atoms with Crippen LogP contribution in [0.5, 0.6) is 0 Å². The molecule has 0 radical (unpaired) electrons. The molecule has 1 aliphatic heterocycles. The molecule has 0 aromatic heterocycles. The lowest BCUT2D eigenvalue weighted by molar-refractivity contribution is -0.108. The molecule has 17 heavy (non-hydrogen) atoms. The van der Waals surface area contributed by atoms with E-state index in [1.807, 2.05) is 0 Å². The summed E-state index contributed by atoms with van der Waals surface area (Å²) in [6, 6.07) is 8.55. The summed E-state index contributed by atoms with van der Waals surface area (Å²) in [5, 5.41) is 0. The summed E-state index contributed by atoms with van der Waals surface area (Å²) in [6.07, 6.45) is 3.83. The Morgan fingerprint density at radius 2 is 2.06 bits per heavy atom. The van der Waals surface area contributed by atoms with E-state index in [9.17, 15) is 4.79 Å².